The summed E-state index contributed by atoms with van der Waals surface area (Å²) >= 11 is 0. The van der Waals surface area contributed by atoms with Crippen LogP contribution >= 0.6 is 0 Å². The number of ether oxygens (including phenoxy) is 1. The highest BCUT2D eigenvalue weighted by molar-refractivity contribution is 5.52. The quantitative estimate of drug-likeness (QED) is 0.782. The molecule has 0 saturated heterocycles. The van der Waals surface area contributed by atoms with Gasteiger partial charge in [-0.15, -0.1) is 0 Å². The summed E-state index contributed by atoms with van der Waals surface area (Å²) in [4.78, 5) is 3.50. The van der Waals surface area contributed by atoms with Gasteiger partial charge < -0.3 is 10.5 Å². The smallest absolute Gasteiger partial charge is 0.266 e. The monoisotopic (exact) mass is 199 g/mol. The molecule has 0 aromatic carbocycles. The molecule has 0 spiro atoms. The first-order chi connectivity index (χ1) is 6.60. The van der Waals surface area contributed by atoms with E-state index in [-0.39, 0.29) is 17.3 Å². The summed E-state index contributed by atoms with van der Waals surface area (Å²) in [7, 11) is 1.29. The number of nitrogens with two attached hydrogens (primary N) is 1. The van der Waals surface area contributed by atoms with Crippen LogP contribution in [0.25, 0.3) is 0 Å². The number of hydrogen-bond acceptors (Lipinski definition) is 4. The van der Waals surface area contributed by atoms with Crippen LogP contribution in [0.1, 0.15) is 17.7 Å². The van der Waals surface area contributed by atoms with E-state index in [2.05, 4.69) is 4.98 Å². The maximum absolute atomic E-state index is 12.4. The molecule has 6 heteroatoms. The van der Waals surface area contributed by atoms with Crippen molar-refractivity contribution in [3.05, 3.63) is 17.3 Å². The van der Waals surface area contributed by atoms with Gasteiger partial charge in [-0.25, -0.2) is 13.8 Å². The van der Waals surface area contributed by atoms with E-state index in [0.29, 0.717) is 0 Å². The molecule has 2 N–H and O–H groups in total. The number of nitriles is 1. The highest BCUT2D eigenvalue weighted by Gasteiger charge is 2.17. The van der Waals surface area contributed by atoms with Crippen molar-refractivity contribution in [3.8, 4) is 11.8 Å². The van der Waals surface area contributed by atoms with Crippen LogP contribution in [-0.2, 0) is 0 Å². The van der Waals surface area contributed by atoms with Gasteiger partial charge in [-0.2, -0.15) is 5.26 Å². The fraction of sp³-hybridized carbons (Fsp3) is 0.250. The molecule has 0 bridgehead atoms. The van der Waals surface area contributed by atoms with Gasteiger partial charge in [-0.05, 0) is 6.07 Å². The summed E-state index contributed by atoms with van der Waals surface area (Å²) in [6.07, 6.45) is -2.77. The Bertz CT molecular complexity index is 387. The average molecular weight is 199 g/mol. The van der Waals surface area contributed by atoms with E-state index in [1.807, 2.05) is 0 Å². The number of rotatable bonds is 2. The zero-order valence-corrected chi connectivity index (χ0v) is 7.29. The van der Waals surface area contributed by atoms with Gasteiger partial charge in [-0.1, -0.05) is 0 Å². The molecule has 0 aliphatic carbocycles. The SMILES string of the molecule is COc1cc(C(F)F)c(C#N)nc1N. The van der Waals surface area contributed by atoms with Crippen LogP contribution in [0.3, 0.4) is 0 Å². The van der Waals surface area contributed by atoms with Gasteiger partial charge in [0.1, 0.15) is 6.07 Å². The first-order valence-electron chi connectivity index (χ1n) is 3.62. The molecule has 4 nitrogen and oxygen atoms in total. The van der Waals surface area contributed by atoms with Crippen LogP contribution in [0, 0.1) is 11.3 Å². The Morgan fingerprint density at radius 3 is 2.71 bits per heavy atom. The zero-order chi connectivity index (χ0) is 10.7. The lowest BCUT2D eigenvalue weighted by molar-refractivity contribution is 0.150. The van der Waals surface area contributed by atoms with Crippen LogP contribution in [0.2, 0.25) is 0 Å². The molecular formula is C8H7F2N3O. The number of halogens is 2. The molecule has 0 saturated carbocycles. The molecule has 0 aliphatic rings. The summed E-state index contributed by atoms with van der Waals surface area (Å²) < 4.78 is 29.5. The predicted octanol–water partition coefficient (Wildman–Crippen LogP) is 1.48. The van der Waals surface area contributed by atoms with Crippen molar-refractivity contribution in [1.82, 2.24) is 4.98 Å². The second kappa shape index (κ2) is 3.87. The normalized spacial score (nSPS) is 9.93. The maximum atomic E-state index is 12.4. The Morgan fingerprint density at radius 1 is 1.64 bits per heavy atom. The van der Waals surface area contributed by atoms with E-state index < -0.39 is 12.0 Å². The third-order valence-corrected chi connectivity index (χ3v) is 1.61. The van der Waals surface area contributed by atoms with Crippen LogP contribution in [0.5, 0.6) is 5.75 Å². The number of nitrogen functional groups attached to an aromatic ring is 1. The molecule has 0 unspecified atom stereocenters. The number of aromatic nitrogens is 1. The number of nitrogens with zero attached hydrogens (tertiary/aromatic N) is 2. The van der Waals surface area contributed by atoms with Gasteiger partial charge in [0.15, 0.2) is 17.3 Å². The lowest BCUT2D eigenvalue weighted by Crippen LogP contribution is -2.02. The van der Waals surface area contributed by atoms with Crippen molar-refractivity contribution in [2.75, 3.05) is 12.8 Å². The summed E-state index contributed by atoms with van der Waals surface area (Å²) in [5.74, 6) is -0.0345. The van der Waals surface area contributed by atoms with Crippen molar-refractivity contribution in [2.24, 2.45) is 0 Å². The van der Waals surface area contributed by atoms with E-state index >= 15 is 0 Å². The first-order valence-corrected chi connectivity index (χ1v) is 3.62. The summed E-state index contributed by atoms with van der Waals surface area (Å²) in [6, 6.07) is 2.56. The molecule has 1 aromatic rings. The fourth-order valence-electron chi connectivity index (χ4n) is 0.943. The lowest BCUT2D eigenvalue weighted by Gasteiger charge is -2.07. The molecule has 14 heavy (non-hydrogen) atoms. The van der Waals surface area contributed by atoms with Crippen LogP contribution in [0.15, 0.2) is 6.07 Å². The minimum atomic E-state index is -2.77. The Morgan fingerprint density at radius 2 is 2.29 bits per heavy atom. The molecule has 74 valence electrons. The van der Waals surface area contributed by atoms with Crippen molar-refractivity contribution in [1.29, 1.82) is 5.26 Å². The molecule has 0 amide bonds. The van der Waals surface area contributed by atoms with Gasteiger partial charge in [0, 0.05) is 0 Å². The second-order valence-electron chi connectivity index (χ2n) is 2.43. The number of hydrogen-bond donors (Lipinski definition) is 1. The van der Waals surface area contributed by atoms with Crippen molar-refractivity contribution in [3.63, 3.8) is 0 Å². The molecule has 1 heterocycles. The molecule has 1 aromatic heterocycles. The summed E-state index contributed by atoms with van der Waals surface area (Å²) in [5, 5.41) is 8.51. The number of alkyl halides is 2. The van der Waals surface area contributed by atoms with Crippen LogP contribution in [0.4, 0.5) is 14.6 Å². The van der Waals surface area contributed by atoms with Crippen molar-refractivity contribution < 1.29 is 13.5 Å². The molecule has 1 rings (SSSR count). The van der Waals surface area contributed by atoms with Crippen molar-refractivity contribution in [2.45, 2.75) is 6.43 Å². The molecular weight excluding hydrogens is 192 g/mol. The Hall–Kier alpha value is -1.90. The van der Waals surface area contributed by atoms with Gasteiger partial charge in [0.05, 0.1) is 12.7 Å². The van der Waals surface area contributed by atoms with E-state index in [1.54, 1.807) is 6.07 Å². The summed E-state index contributed by atoms with van der Waals surface area (Å²) in [5.41, 5.74) is 4.49. The third kappa shape index (κ3) is 1.71. The second-order valence-corrected chi connectivity index (χ2v) is 2.43. The average Bonchev–Trinajstić information content (AvgIpc) is 2.16. The topological polar surface area (TPSA) is 71.9 Å². The highest BCUT2D eigenvalue weighted by Crippen LogP contribution is 2.28. The Labute approximate surface area is 78.9 Å². The molecule has 0 radical (unpaired) electrons. The zero-order valence-electron chi connectivity index (χ0n) is 7.29. The van der Waals surface area contributed by atoms with E-state index in [9.17, 15) is 8.78 Å². The Kier molecular flexibility index (Phi) is 2.82. The third-order valence-electron chi connectivity index (χ3n) is 1.61. The standard InChI is InChI=1S/C8H7F2N3O/c1-14-6-2-4(7(9)10)5(3-11)13-8(6)12/h2,7H,1H3,(H2,12,13). The number of anilines is 1. The van der Waals surface area contributed by atoms with Gasteiger partial charge in [0.25, 0.3) is 6.43 Å². The van der Waals surface area contributed by atoms with Crippen LogP contribution in [-0.4, -0.2) is 12.1 Å². The molecule has 0 aliphatic heterocycles. The van der Waals surface area contributed by atoms with Crippen molar-refractivity contribution >= 4 is 5.82 Å². The first kappa shape index (κ1) is 10.2. The van der Waals surface area contributed by atoms with Gasteiger partial charge in [0.2, 0.25) is 0 Å². The minimum absolute atomic E-state index is 0.0410. The predicted molar refractivity (Wildman–Crippen MR) is 44.9 cm³/mol. The minimum Gasteiger partial charge on any atom is -0.493 e. The highest BCUT2D eigenvalue weighted by atomic mass is 19.3. The van der Waals surface area contributed by atoms with Crippen LogP contribution < -0.4 is 10.5 Å². The van der Waals surface area contributed by atoms with E-state index in [0.717, 1.165) is 6.07 Å². The molecule has 0 fully saturated rings. The molecule has 0 atom stereocenters. The summed E-state index contributed by atoms with van der Waals surface area (Å²) in [6.45, 7) is 0. The maximum Gasteiger partial charge on any atom is 0.266 e. The van der Waals surface area contributed by atoms with Gasteiger partial charge in [-0.3, -0.25) is 0 Å². The lowest BCUT2D eigenvalue weighted by atomic mass is 10.2. The van der Waals surface area contributed by atoms with E-state index in [1.165, 1.54) is 7.11 Å². The number of methoxy groups -OCH3 is 1. The fourth-order valence-corrected chi connectivity index (χ4v) is 0.943. The van der Waals surface area contributed by atoms with E-state index in [4.69, 9.17) is 15.7 Å². The van der Waals surface area contributed by atoms with Gasteiger partial charge >= 0.3 is 0 Å². The number of pyridine rings is 1. The largest absolute Gasteiger partial charge is 0.493 e. The Balaban J connectivity index is 3.34.